The molecule has 0 aliphatic rings. The van der Waals surface area contributed by atoms with Gasteiger partial charge in [-0.2, -0.15) is 0 Å². The third-order valence-corrected chi connectivity index (χ3v) is 15.1. The minimum absolute atomic E-state index is 0.0563. The van der Waals surface area contributed by atoms with Crippen molar-refractivity contribution in [1.29, 1.82) is 0 Å². The minimum atomic E-state index is -4.39. The average Bonchev–Trinajstić information content (AvgIpc) is 3.37. The van der Waals surface area contributed by atoms with Gasteiger partial charge in [0.05, 0.1) is 13.2 Å². The van der Waals surface area contributed by atoms with Crippen molar-refractivity contribution in [2.24, 2.45) is 5.73 Å². The van der Waals surface area contributed by atoms with E-state index in [1.807, 2.05) is 0 Å². The molecule has 0 saturated carbocycles. The molecule has 9 nitrogen and oxygen atoms in total. The van der Waals surface area contributed by atoms with Crippen LogP contribution in [0, 0.1) is 0 Å². The number of unbranched alkanes of at least 4 members (excludes halogenated alkanes) is 43. The van der Waals surface area contributed by atoms with E-state index in [1.165, 1.54) is 257 Å². The Hall–Kier alpha value is -1.51. The molecule has 0 spiro atoms. The number of carbonyl (C=O) groups excluding carboxylic acids is 2. The monoisotopic (exact) mass is 1040 g/mol. The van der Waals surface area contributed by atoms with Crippen LogP contribution in [0.4, 0.5) is 0 Å². The highest BCUT2D eigenvalue weighted by molar-refractivity contribution is 7.47. The molecule has 0 heterocycles. The second-order valence-electron chi connectivity index (χ2n) is 21.3. The number of esters is 2. The molecule has 0 fully saturated rings. The summed E-state index contributed by atoms with van der Waals surface area (Å²) in [7, 11) is -4.39. The number of hydrogen-bond donors (Lipinski definition) is 2. The standard InChI is InChI=1S/C62H120NO8P/c1-3-5-7-9-11-13-15-17-19-21-23-25-27-29-30-31-33-35-37-39-41-43-45-47-49-51-53-55-62(65)71-60(59-70-72(66,67)69-57-56-63)58-68-61(64)54-52-50-48-46-44-42-40-38-36-34-32-28-26-24-22-20-18-16-14-12-10-8-6-4-2/h15,17,21,23,60H,3-14,16,18-20,22,24-59,63H2,1-2H3,(H,66,67)/b17-15-,23-21-. The molecule has 0 aliphatic heterocycles. The van der Waals surface area contributed by atoms with E-state index in [9.17, 15) is 19.0 Å². The van der Waals surface area contributed by atoms with Crippen molar-refractivity contribution < 1.29 is 37.6 Å². The summed E-state index contributed by atoms with van der Waals surface area (Å²) in [5.41, 5.74) is 5.39. The molecule has 0 aromatic heterocycles. The molecule has 426 valence electrons. The van der Waals surface area contributed by atoms with Crippen molar-refractivity contribution in [3.8, 4) is 0 Å². The largest absolute Gasteiger partial charge is 0.472 e. The molecule has 2 atom stereocenters. The van der Waals surface area contributed by atoms with Gasteiger partial charge >= 0.3 is 19.8 Å². The van der Waals surface area contributed by atoms with Crippen LogP contribution in [-0.4, -0.2) is 49.3 Å². The Morgan fingerprint density at radius 3 is 1.06 bits per heavy atom. The van der Waals surface area contributed by atoms with Crippen LogP contribution >= 0.6 is 7.82 Å². The van der Waals surface area contributed by atoms with Gasteiger partial charge in [0.2, 0.25) is 0 Å². The Balaban J connectivity index is 3.89. The highest BCUT2D eigenvalue weighted by atomic mass is 31.2. The van der Waals surface area contributed by atoms with Crippen LogP contribution in [0.25, 0.3) is 0 Å². The molecule has 2 unspecified atom stereocenters. The number of allylic oxidation sites excluding steroid dienone is 4. The van der Waals surface area contributed by atoms with Crippen molar-refractivity contribution in [2.75, 3.05) is 26.4 Å². The zero-order valence-electron chi connectivity index (χ0n) is 47.7. The first kappa shape index (κ1) is 70.5. The fraction of sp³-hybridized carbons (Fsp3) is 0.903. The lowest BCUT2D eigenvalue weighted by molar-refractivity contribution is -0.161. The summed E-state index contributed by atoms with van der Waals surface area (Å²) >= 11 is 0. The summed E-state index contributed by atoms with van der Waals surface area (Å²) in [4.78, 5) is 35.3. The lowest BCUT2D eigenvalue weighted by Gasteiger charge is -2.19. The van der Waals surface area contributed by atoms with Crippen LogP contribution < -0.4 is 5.73 Å². The number of phosphoric ester groups is 1. The second kappa shape index (κ2) is 58.7. The molecule has 72 heavy (non-hydrogen) atoms. The lowest BCUT2D eigenvalue weighted by atomic mass is 10.0. The molecule has 0 amide bonds. The van der Waals surface area contributed by atoms with Gasteiger partial charge in [-0.05, 0) is 44.9 Å². The zero-order valence-corrected chi connectivity index (χ0v) is 48.6. The van der Waals surface area contributed by atoms with Gasteiger partial charge in [-0.15, -0.1) is 0 Å². The van der Waals surface area contributed by atoms with Gasteiger partial charge in [0.15, 0.2) is 6.10 Å². The minimum Gasteiger partial charge on any atom is -0.462 e. The smallest absolute Gasteiger partial charge is 0.462 e. The van der Waals surface area contributed by atoms with Crippen LogP contribution in [0.15, 0.2) is 24.3 Å². The summed E-state index contributed by atoms with van der Waals surface area (Å²) < 4.78 is 33.1. The summed E-state index contributed by atoms with van der Waals surface area (Å²) in [5, 5.41) is 0. The van der Waals surface area contributed by atoms with E-state index in [0.717, 1.165) is 38.5 Å². The topological polar surface area (TPSA) is 134 Å². The number of nitrogens with two attached hydrogens (primary N) is 1. The number of ether oxygens (including phenoxy) is 2. The van der Waals surface area contributed by atoms with Gasteiger partial charge in [-0.25, -0.2) is 4.57 Å². The van der Waals surface area contributed by atoms with Gasteiger partial charge in [-0.1, -0.05) is 295 Å². The quantitative estimate of drug-likeness (QED) is 0.0264. The third-order valence-electron chi connectivity index (χ3n) is 14.1. The Labute approximate surface area is 446 Å². The molecule has 0 rings (SSSR count). The number of rotatable bonds is 60. The van der Waals surface area contributed by atoms with Crippen molar-refractivity contribution in [3.63, 3.8) is 0 Å². The molecule has 0 radical (unpaired) electrons. The Morgan fingerprint density at radius 2 is 0.722 bits per heavy atom. The van der Waals surface area contributed by atoms with E-state index in [4.69, 9.17) is 24.3 Å². The predicted molar refractivity (Wildman–Crippen MR) is 307 cm³/mol. The molecule has 0 aromatic rings. The number of phosphoric acid groups is 1. The van der Waals surface area contributed by atoms with E-state index in [2.05, 4.69) is 38.2 Å². The van der Waals surface area contributed by atoms with Gasteiger partial charge < -0.3 is 20.1 Å². The lowest BCUT2D eigenvalue weighted by Crippen LogP contribution is -2.29. The predicted octanol–water partition coefficient (Wildman–Crippen LogP) is 19.8. The van der Waals surface area contributed by atoms with Gasteiger partial charge in [0.1, 0.15) is 6.61 Å². The summed E-state index contributed by atoms with van der Waals surface area (Å²) in [6, 6.07) is 0. The van der Waals surface area contributed by atoms with Crippen molar-refractivity contribution >= 4 is 19.8 Å². The van der Waals surface area contributed by atoms with Gasteiger partial charge in [-0.3, -0.25) is 18.6 Å². The zero-order chi connectivity index (χ0) is 52.4. The van der Waals surface area contributed by atoms with Crippen LogP contribution in [-0.2, 0) is 32.7 Å². The maximum atomic E-state index is 12.7. The Kier molecular flexibility index (Phi) is 57.5. The molecule has 0 aliphatic carbocycles. The Bertz CT molecular complexity index is 1230. The highest BCUT2D eigenvalue weighted by Gasteiger charge is 2.26. The van der Waals surface area contributed by atoms with E-state index in [-0.39, 0.29) is 38.6 Å². The normalized spacial score (nSPS) is 13.1. The van der Waals surface area contributed by atoms with Crippen LogP contribution in [0.3, 0.4) is 0 Å². The van der Waals surface area contributed by atoms with Crippen LogP contribution in [0.2, 0.25) is 0 Å². The molecule has 0 aromatic carbocycles. The fourth-order valence-corrected chi connectivity index (χ4v) is 10.2. The third kappa shape index (κ3) is 57.8. The first-order valence-corrected chi connectivity index (χ1v) is 32.8. The molecular formula is C62H120NO8P. The molecule has 0 bridgehead atoms. The van der Waals surface area contributed by atoms with Crippen LogP contribution in [0.5, 0.6) is 0 Å². The maximum Gasteiger partial charge on any atom is 0.472 e. The fourth-order valence-electron chi connectivity index (χ4n) is 9.44. The number of carbonyl (C=O) groups is 2. The van der Waals surface area contributed by atoms with E-state index in [1.54, 1.807) is 0 Å². The second-order valence-corrected chi connectivity index (χ2v) is 22.7. The van der Waals surface area contributed by atoms with Crippen LogP contribution in [0.1, 0.15) is 328 Å². The average molecular weight is 1040 g/mol. The highest BCUT2D eigenvalue weighted by Crippen LogP contribution is 2.43. The van der Waals surface area contributed by atoms with Crippen molar-refractivity contribution in [1.82, 2.24) is 0 Å². The molecule has 3 N–H and O–H groups in total. The summed E-state index contributed by atoms with van der Waals surface area (Å²) in [6.07, 6.45) is 69.6. The molecular weight excluding hydrogens is 918 g/mol. The maximum absolute atomic E-state index is 12.7. The number of hydrogen-bond acceptors (Lipinski definition) is 8. The molecule has 0 saturated heterocycles. The van der Waals surface area contributed by atoms with Gasteiger partial charge in [0, 0.05) is 19.4 Å². The van der Waals surface area contributed by atoms with E-state index >= 15 is 0 Å². The van der Waals surface area contributed by atoms with Crippen molar-refractivity contribution in [3.05, 3.63) is 24.3 Å². The summed E-state index contributed by atoms with van der Waals surface area (Å²) in [6.45, 7) is 3.80. The van der Waals surface area contributed by atoms with E-state index in [0.29, 0.717) is 6.42 Å². The first-order valence-electron chi connectivity index (χ1n) is 31.3. The van der Waals surface area contributed by atoms with E-state index < -0.39 is 26.5 Å². The molecule has 10 heteroatoms. The van der Waals surface area contributed by atoms with Gasteiger partial charge in [0.25, 0.3) is 0 Å². The first-order chi connectivity index (χ1) is 35.3. The van der Waals surface area contributed by atoms with Crippen molar-refractivity contribution in [2.45, 2.75) is 335 Å². The SMILES string of the molecule is CCCCCCC/C=C\C/C=C\CCCCCCCCCCCCCCCCCC(=O)OC(COC(=O)CCCCCCCCCCCCCCCCCCCCCCCCCC)COP(=O)(O)OCCN. The Morgan fingerprint density at radius 1 is 0.417 bits per heavy atom. The summed E-state index contributed by atoms with van der Waals surface area (Å²) in [5.74, 6) is -0.807.